The van der Waals surface area contributed by atoms with Gasteiger partial charge in [0.15, 0.2) is 0 Å². The molecule has 2 unspecified atom stereocenters. The van der Waals surface area contributed by atoms with Crippen LogP contribution in [-0.2, 0) is 14.4 Å². The summed E-state index contributed by atoms with van der Waals surface area (Å²) in [6.45, 7) is 0. The van der Waals surface area contributed by atoms with E-state index >= 15 is 0 Å². The maximum Gasteiger partial charge on any atom is 0.314 e. The van der Waals surface area contributed by atoms with E-state index in [-0.39, 0.29) is 19.0 Å². The molecule has 6 N–H and O–H groups in total. The molecule has 0 amide bonds. The van der Waals surface area contributed by atoms with E-state index in [4.69, 9.17) is 15.3 Å². The molecule has 0 fully saturated rings. The van der Waals surface area contributed by atoms with E-state index in [0.29, 0.717) is 0 Å². The second kappa shape index (κ2) is 6.31. The first-order valence-corrected chi connectivity index (χ1v) is 4.31. The molecule has 2 atom stereocenters. The molecule has 0 aromatic carbocycles. The van der Waals surface area contributed by atoms with Crippen LogP contribution in [0.4, 0.5) is 0 Å². The summed E-state index contributed by atoms with van der Waals surface area (Å²) in [5.41, 5.74) is 0. The molecule has 0 bridgehead atoms. The lowest BCUT2D eigenvalue weighted by molar-refractivity contribution is -0.147. The summed E-state index contributed by atoms with van der Waals surface area (Å²) in [4.78, 5) is 31.2. The Bertz CT molecular complexity index is 268. The Morgan fingerprint density at radius 3 is 1.80 bits per heavy atom. The van der Waals surface area contributed by atoms with E-state index in [2.05, 4.69) is 0 Å². The summed E-state index contributed by atoms with van der Waals surface area (Å²) in [7, 11) is 1.90. The summed E-state index contributed by atoms with van der Waals surface area (Å²) in [6, 6.07) is 0. The molecule has 8 heteroatoms. The van der Waals surface area contributed by atoms with Crippen LogP contribution >= 0.6 is 9.24 Å². The molecule has 0 aromatic heterocycles. The predicted molar refractivity (Wildman–Crippen MR) is 54.2 cm³/mol. The van der Waals surface area contributed by atoms with Crippen molar-refractivity contribution in [1.82, 2.24) is 6.15 Å². The smallest absolute Gasteiger partial charge is 0.314 e. The maximum atomic E-state index is 10.7. The zero-order valence-corrected chi connectivity index (χ0v) is 9.13. The van der Waals surface area contributed by atoms with Crippen molar-refractivity contribution in [2.45, 2.75) is 24.4 Å². The molecule has 0 aliphatic heterocycles. The van der Waals surface area contributed by atoms with Gasteiger partial charge in [0.05, 0.1) is 11.6 Å². The van der Waals surface area contributed by atoms with Crippen molar-refractivity contribution < 1.29 is 29.7 Å². The zero-order valence-electron chi connectivity index (χ0n) is 7.97. The Kier molecular flexibility index (Phi) is 6.84. The number of carboxylic acids is 3. The van der Waals surface area contributed by atoms with Gasteiger partial charge in [0.1, 0.15) is 0 Å². The predicted octanol–water partition coefficient (Wildman–Crippen LogP) is 0.186. The van der Waals surface area contributed by atoms with Crippen LogP contribution in [0.5, 0.6) is 0 Å². The van der Waals surface area contributed by atoms with Crippen molar-refractivity contribution in [3.8, 4) is 0 Å². The quantitative estimate of drug-likeness (QED) is 0.483. The summed E-state index contributed by atoms with van der Waals surface area (Å²) in [5.74, 6) is -3.75. The van der Waals surface area contributed by atoms with Gasteiger partial charge < -0.3 is 21.5 Å². The van der Waals surface area contributed by atoms with Gasteiger partial charge in [0.25, 0.3) is 0 Å². The fourth-order valence-corrected chi connectivity index (χ4v) is 1.19. The van der Waals surface area contributed by atoms with Crippen LogP contribution in [-0.4, -0.2) is 38.4 Å². The van der Waals surface area contributed by atoms with Crippen molar-refractivity contribution in [3.05, 3.63) is 0 Å². The van der Waals surface area contributed by atoms with Crippen LogP contribution in [0.15, 0.2) is 0 Å². The summed E-state index contributed by atoms with van der Waals surface area (Å²) in [6.07, 6.45) is -1.21. The van der Waals surface area contributed by atoms with Gasteiger partial charge in [-0.25, -0.2) is 0 Å². The normalized spacial score (nSPS) is 13.4. The molecule has 0 aromatic rings. The standard InChI is InChI=1S/C7H11O6P.H3N/c8-4(9)1-2-7(14,6(12)13)3-5(10)11;/h1-3,14H2,(H,8,9)(H,10,11)(H,12,13);1H3. The lowest BCUT2D eigenvalue weighted by Gasteiger charge is -2.21. The van der Waals surface area contributed by atoms with E-state index in [1.54, 1.807) is 0 Å². The Labute approximate surface area is 88.3 Å². The average molecular weight is 239 g/mol. The van der Waals surface area contributed by atoms with Gasteiger partial charge in [-0.1, -0.05) is 0 Å². The molecule has 0 saturated heterocycles. The highest BCUT2D eigenvalue weighted by molar-refractivity contribution is 7.21. The van der Waals surface area contributed by atoms with Crippen LogP contribution in [0.25, 0.3) is 0 Å². The molecule has 15 heavy (non-hydrogen) atoms. The zero-order chi connectivity index (χ0) is 11.4. The monoisotopic (exact) mass is 239 g/mol. The number of aliphatic carboxylic acids is 3. The number of hydrogen-bond donors (Lipinski definition) is 4. The topological polar surface area (TPSA) is 147 Å². The minimum absolute atomic E-state index is 0. The highest BCUT2D eigenvalue weighted by Crippen LogP contribution is 2.29. The lowest BCUT2D eigenvalue weighted by atomic mass is 9.98. The van der Waals surface area contributed by atoms with E-state index in [0.717, 1.165) is 0 Å². The van der Waals surface area contributed by atoms with Crippen molar-refractivity contribution in [2.75, 3.05) is 0 Å². The highest BCUT2D eigenvalue weighted by atomic mass is 31.0. The molecule has 88 valence electrons. The van der Waals surface area contributed by atoms with Gasteiger partial charge >= 0.3 is 17.9 Å². The summed E-state index contributed by atoms with van der Waals surface area (Å²) < 4.78 is 0. The SMILES string of the molecule is N.O=C(O)CCC(P)(CC(=O)O)C(=O)O. The molecule has 0 aliphatic carbocycles. The van der Waals surface area contributed by atoms with Gasteiger partial charge in [-0.05, 0) is 6.42 Å². The van der Waals surface area contributed by atoms with Crippen LogP contribution in [0.1, 0.15) is 19.3 Å². The van der Waals surface area contributed by atoms with Crippen molar-refractivity contribution in [2.24, 2.45) is 0 Å². The van der Waals surface area contributed by atoms with Crippen molar-refractivity contribution in [3.63, 3.8) is 0 Å². The number of carbonyl (C=O) groups is 3. The fourth-order valence-electron chi connectivity index (χ4n) is 0.871. The van der Waals surface area contributed by atoms with E-state index in [1.807, 2.05) is 9.24 Å². The number of carboxylic acid groups (broad SMARTS) is 3. The molecular weight excluding hydrogens is 225 g/mol. The van der Waals surface area contributed by atoms with Crippen LogP contribution in [0.2, 0.25) is 0 Å². The molecule has 0 aliphatic rings. The largest absolute Gasteiger partial charge is 0.481 e. The van der Waals surface area contributed by atoms with Gasteiger partial charge in [0, 0.05) is 6.42 Å². The molecule has 7 nitrogen and oxygen atoms in total. The lowest BCUT2D eigenvalue weighted by Crippen LogP contribution is -2.35. The highest BCUT2D eigenvalue weighted by Gasteiger charge is 2.36. The molecule has 0 radical (unpaired) electrons. The molecule has 0 rings (SSSR count). The van der Waals surface area contributed by atoms with Gasteiger partial charge in [-0.3, -0.25) is 14.4 Å². The van der Waals surface area contributed by atoms with Crippen molar-refractivity contribution >= 4 is 27.1 Å². The van der Waals surface area contributed by atoms with Crippen LogP contribution in [0.3, 0.4) is 0 Å². The molecule has 0 saturated carbocycles. The van der Waals surface area contributed by atoms with Gasteiger partial charge in [-0.2, -0.15) is 0 Å². The Balaban J connectivity index is 0. The maximum absolute atomic E-state index is 10.7. The first-order valence-electron chi connectivity index (χ1n) is 3.74. The minimum Gasteiger partial charge on any atom is -0.481 e. The third kappa shape index (κ3) is 5.98. The van der Waals surface area contributed by atoms with Gasteiger partial charge in [-0.15, -0.1) is 9.24 Å². The number of rotatable bonds is 6. The number of hydrogen-bond acceptors (Lipinski definition) is 4. The minimum atomic E-state index is -1.59. The molecular formula is C7H14NO6P. The van der Waals surface area contributed by atoms with E-state index in [9.17, 15) is 14.4 Å². The Hall–Kier alpha value is -1.20. The summed E-state index contributed by atoms with van der Waals surface area (Å²) in [5, 5.41) is 23.9. The van der Waals surface area contributed by atoms with E-state index in [1.165, 1.54) is 0 Å². The van der Waals surface area contributed by atoms with Crippen molar-refractivity contribution in [1.29, 1.82) is 0 Å². The fraction of sp³-hybridized carbons (Fsp3) is 0.571. The summed E-state index contributed by atoms with van der Waals surface area (Å²) >= 11 is 0. The van der Waals surface area contributed by atoms with E-state index < -0.39 is 29.5 Å². The second-order valence-corrected chi connectivity index (χ2v) is 4.03. The second-order valence-electron chi connectivity index (χ2n) is 2.93. The molecule has 0 spiro atoms. The molecule has 0 heterocycles. The Morgan fingerprint density at radius 2 is 1.53 bits per heavy atom. The first kappa shape index (κ1) is 16.2. The van der Waals surface area contributed by atoms with Crippen LogP contribution in [0, 0.1) is 0 Å². The third-order valence-corrected chi connectivity index (χ3v) is 2.42. The average Bonchev–Trinajstić information content (AvgIpc) is 1.99. The first-order chi connectivity index (χ1) is 6.28. The third-order valence-electron chi connectivity index (χ3n) is 1.68. The Morgan fingerprint density at radius 1 is 1.07 bits per heavy atom. The van der Waals surface area contributed by atoms with Crippen LogP contribution < -0.4 is 6.15 Å². The van der Waals surface area contributed by atoms with Gasteiger partial charge in [0.2, 0.25) is 0 Å².